The molecule has 37 heavy (non-hydrogen) atoms. The summed E-state index contributed by atoms with van der Waals surface area (Å²) in [5.41, 5.74) is 0.00759. The summed E-state index contributed by atoms with van der Waals surface area (Å²) in [5, 5.41) is 0. The normalized spacial score (nSPS) is 12.0. The first-order valence-corrected chi connectivity index (χ1v) is 12.2. The molecule has 0 bridgehead atoms. The van der Waals surface area contributed by atoms with Gasteiger partial charge in [0.15, 0.2) is 0 Å². The van der Waals surface area contributed by atoms with E-state index in [1.54, 1.807) is 13.1 Å². The number of nitrogens with zero attached hydrogens (tertiary/aromatic N) is 2. The Morgan fingerprint density at radius 1 is 1.08 bits per heavy atom. The van der Waals surface area contributed by atoms with Gasteiger partial charge in [-0.15, -0.1) is 0 Å². The van der Waals surface area contributed by atoms with Gasteiger partial charge in [-0.25, -0.2) is 9.37 Å². The Kier molecular flexibility index (Phi) is 8.99. The number of alkyl halides is 3. The second-order valence-corrected chi connectivity index (χ2v) is 9.52. The second-order valence-electron chi connectivity index (χ2n) is 9.52. The van der Waals surface area contributed by atoms with Crippen molar-refractivity contribution < 1.29 is 31.8 Å². The van der Waals surface area contributed by atoms with Crippen molar-refractivity contribution in [2.24, 2.45) is 5.41 Å². The second kappa shape index (κ2) is 11.8. The van der Waals surface area contributed by atoms with E-state index in [-0.39, 0.29) is 11.5 Å². The molecule has 0 saturated carbocycles. The van der Waals surface area contributed by atoms with Crippen LogP contribution in [0.5, 0.6) is 5.75 Å². The first-order chi connectivity index (χ1) is 17.4. The van der Waals surface area contributed by atoms with Gasteiger partial charge in [-0.05, 0) is 65.2 Å². The maximum atomic E-state index is 14.2. The zero-order chi connectivity index (χ0) is 27.2. The van der Waals surface area contributed by atoms with Gasteiger partial charge < -0.3 is 14.0 Å². The van der Waals surface area contributed by atoms with E-state index in [2.05, 4.69) is 4.98 Å². The first-order valence-electron chi connectivity index (χ1n) is 12.2. The van der Waals surface area contributed by atoms with E-state index in [1.807, 2.05) is 49.6 Å². The molecule has 0 aliphatic rings. The smallest absolute Gasteiger partial charge is 0.419 e. The van der Waals surface area contributed by atoms with Gasteiger partial charge in [-0.2, -0.15) is 13.2 Å². The molecule has 3 rings (SSSR count). The Labute approximate surface area is 214 Å². The van der Waals surface area contributed by atoms with Gasteiger partial charge in [-0.1, -0.05) is 24.3 Å². The molecule has 1 heterocycles. The van der Waals surface area contributed by atoms with Crippen LogP contribution in [0.1, 0.15) is 56.9 Å². The highest BCUT2D eigenvalue weighted by Crippen LogP contribution is 2.34. The summed E-state index contributed by atoms with van der Waals surface area (Å²) in [6.45, 7) is 8.50. The summed E-state index contributed by atoms with van der Waals surface area (Å²) in [7, 11) is 0. The molecule has 3 aromatic rings. The van der Waals surface area contributed by atoms with E-state index in [1.165, 1.54) is 6.07 Å². The van der Waals surface area contributed by atoms with Crippen LogP contribution in [0.15, 0.2) is 48.7 Å². The highest BCUT2D eigenvalue weighted by molar-refractivity contribution is 5.75. The SMILES string of the molecule is CCOC(=O)C(C)(C)CCCCOc1ccccc1Cn1c(C)cnc1-c1ccc(C(F)(F)F)c(F)c1. The summed E-state index contributed by atoms with van der Waals surface area (Å²) in [6.07, 6.45) is -0.952. The quantitative estimate of drug-likeness (QED) is 0.152. The topological polar surface area (TPSA) is 53.4 Å². The molecule has 1 aromatic heterocycles. The van der Waals surface area contributed by atoms with Crippen LogP contribution in [-0.2, 0) is 22.3 Å². The fraction of sp³-hybridized carbons (Fsp3) is 0.429. The number of halogens is 4. The van der Waals surface area contributed by atoms with E-state index in [0.717, 1.165) is 36.2 Å². The molecule has 0 N–H and O–H groups in total. The zero-order valence-electron chi connectivity index (χ0n) is 21.5. The monoisotopic (exact) mass is 520 g/mol. The molecule has 2 aromatic carbocycles. The Balaban J connectivity index is 1.69. The number of carbonyl (C=O) groups is 1. The Hall–Kier alpha value is -3.36. The number of rotatable bonds is 11. The summed E-state index contributed by atoms with van der Waals surface area (Å²) in [4.78, 5) is 16.4. The molecule has 0 spiro atoms. The highest BCUT2D eigenvalue weighted by Gasteiger charge is 2.34. The van der Waals surface area contributed by atoms with Crippen LogP contribution < -0.4 is 4.74 Å². The lowest BCUT2D eigenvalue weighted by Gasteiger charge is -2.22. The summed E-state index contributed by atoms with van der Waals surface area (Å²) < 4.78 is 66.1. The minimum absolute atomic E-state index is 0.208. The van der Waals surface area contributed by atoms with Crippen LogP contribution in [0.25, 0.3) is 11.4 Å². The largest absolute Gasteiger partial charge is 0.493 e. The van der Waals surface area contributed by atoms with Crippen molar-refractivity contribution in [3.63, 3.8) is 0 Å². The number of para-hydroxylation sites is 1. The molecule has 0 radical (unpaired) electrons. The summed E-state index contributed by atoms with van der Waals surface area (Å²) >= 11 is 0. The number of imidazole rings is 1. The number of unbranched alkanes of at least 4 members (excludes halogenated alkanes) is 1. The Morgan fingerprint density at radius 2 is 1.81 bits per heavy atom. The van der Waals surface area contributed by atoms with Crippen LogP contribution in [0.4, 0.5) is 17.6 Å². The molecule has 0 saturated heterocycles. The number of aromatic nitrogens is 2. The average molecular weight is 521 g/mol. The van der Waals surface area contributed by atoms with Gasteiger partial charge in [0, 0.05) is 23.0 Å². The molecule has 0 amide bonds. The third-order valence-corrected chi connectivity index (χ3v) is 6.17. The number of benzene rings is 2. The molecule has 0 atom stereocenters. The Morgan fingerprint density at radius 3 is 2.49 bits per heavy atom. The number of carbonyl (C=O) groups excluding carboxylic acids is 1. The van der Waals surface area contributed by atoms with Crippen molar-refractivity contribution >= 4 is 5.97 Å². The van der Waals surface area contributed by atoms with Gasteiger partial charge in [0.2, 0.25) is 0 Å². The molecule has 0 aliphatic heterocycles. The summed E-state index contributed by atoms with van der Waals surface area (Å²) in [5.74, 6) is -0.515. The fourth-order valence-electron chi connectivity index (χ4n) is 4.00. The molecule has 9 heteroatoms. The number of hydrogen-bond acceptors (Lipinski definition) is 4. The van der Waals surface area contributed by atoms with Crippen LogP contribution in [-0.4, -0.2) is 28.7 Å². The lowest BCUT2D eigenvalue weighted by Crippen LogP contribution is -2.26. The number of esters is 1. The minimum Gasteiger partial charge on any atom is -0.493 e. The van der Waals surface area contributed by atoms with Gasteiger partial charge in [-0.3, -0.25) is 4.79 Å². The maximum absolute atomic E-state index is 14.2. The minimum atomic E-state index is -4.77. The third kappa shape index (κ3) is 7.11. The van der Waals surface area contributed by atoms with Crippen LogP contribution in [0, 0.1) is 18.2 Å². The van der Waals surface area contributed by atoms with Crippen LogP contribution in [0.2, 0.25) is 0 Å². The number of aryl methyl sites for hydroxylation is 1. The van der Waals surface area contributed by atoms with Gasteiger partial charge in [0.25, 0.3) is 0 Å². The van der Waals surface area contributed by atoms with Crippen molar-refractivity contribution in [2.45, 2.75) is 59.7 Å². The third-order valence-electron chi connectivity index (χ3n) is 6.17. The molecule has 0 fully saturated rings. The van der Waals surface area contributed by atoms with Gasteiger partial charge in [0.1, 0.15) is 17.4 Å². The molecular formula is C28H32F4N2O3. The van der Waals surface area contributed by atoms with E-state index in [0.29, 0.717) is 37.8 Å². The Bertz CT molecular complexity index is 1220. The molecule has 0 unspecified atom stereocenters. The molecular weight excluding hydrogens is 488 g/mol. The maximum Gasteiger partial charge on any atom is 0.419 e. The highest BCUT2D eigenvalue weighted by atomic mass is 19.4. The molecule has 5 nitrogen and oxygen atoms in total. The standard InChI is InChI=1S/C28H32F4N2O3/c1-5-36-26(35)27(3,4)14-8-9-15-37-24-11-7-6-10-21(24)18-34-19(2)17-33-25(34)20-12-13-22(23(29)16-20)28(30,31)32/h6-7,10-13,16-17H,5,8-9,14-15,18H2,1-4H3. The zero-order valence-corrected chi connectivity index (χ0v) is 21.5. The van der Waals surface area contributed by atoms with E-state index in [9.17, 15) is 22.4 Å². The fourth-order valence-corrected chi connectivity index (χ4v) is 4.00. The van der Waals surface area contributed by atoms with E-state index >= 15 is 0 Å². The first kappa shape index (κ1) is 28.2. The predicted molar refractivity (Wildman–Crippen MR) is 133 cm³/mol. The van der Waals surface area contributed by atoms with Crippen molar-refractivity contribution in [3.8, 4) is 17.1 Å². The molecule has 200 valence electrons. The lowest BCUT2D eigenvalue weighted by atomic mass is 9.87. The van der Waals surface area contributed by atoms with E-state index in [4.69, 9.17) is 9.47 Å². The average Bonchev–Trinajstić information content (AvgIpc) is 3.19. The van der Waals surface area contributed by atoms with Crippen molar-refractivity contribution in [3.05, 3.63) is 71.3 Å². The lowest BCUT2D eigenvalue weighted by molar-refractivity contribution is -0.153. The van der Waals surface area contributed by atoms with Crippen molar-refractivity contribution in [2.75, 3.05) is 13.2 Å². The van der Waals surface area contributed by atoms with Gasteiger partial charge in [0.05, 0.1) is 30.7 Å². The van der Waals surface area contributed by atoms with Crippen molar-refractivity contribution in [1.29, 1.82) is 0 Å². The summed E-state index contributed by atoms with van der Waals surface area (Å²) in [6, 6.07) is 10.3. The predicted octanol–water partition coefficient (Wildman–Crippen LogP) is 7.20. The number of ether oxygens (including phenoxy) is 2. The van der Waals surface area contributed by atoms with Crippen LogP contribution >= 0.6 is 0 Å². The van der Waals surface area contributed by atoms with Crippen LogP contribution in [0.3, 0.4) is 0 Å². The van der Waals surface area contributed by atoms with Crippen molar-refractivity contribution in [1.82, 2.24) is 9.55 Å². The number of hydrogen-bond donors (Lipinski definition) is 0. The van der Waals surface area contributed by atoms with E-state index < -0.39 is 23.0 Å². The van der Waals surface area contributed by atoms with Gasteiger partial charge >= 0.3 is 12.1 Å². The molecule has 0 aliphatic carbocycles.